The number of aromatic nitrogens is 3. The van der Waals surface area contributed by atoms with Gasteiger partial charge in [0.15, 0.2) is 0 Å². The van der Waals surface area contributed by atoms with Crippen molar-refractivity contribution < 1.29 is 0 Å². The summed E-state index contributed by atoms with van der Waals surface area (Å²) in [4.78, 5) is 14.4. The molecule has 3 nitrogen and oxygen atoms in total. The Labute approximate surface area is 264 Å². The van der Waals surface area contributed by atoms with Gasteiger partial charge in [0.2, 0.25) is 0 Å². The van der Waals surface area contributed by atoms with Gasteiger partial charge < -0.3 is 0 Å². The average Bonchev–Trinajstić information content (AvgIpc) is 3.51. The number of hydrogen-bond acceptors (Lipinski definition) is 4. The van der Waals surface area contributed by atoms with E-state index in [1.165, 1.54) is 36.3 Å². The van der Waals surface area contributed by atoms with Gasteiger partial charge in [-0.15, -0.1) is 11.3 Å². The van der Waals surface area contributed by atoms with Crippen LogP contribution in [0.5, 0.6) is 0 Å². The molecule has 0 aliphatic rings. The summed E-state index contributed by atoms with van der Waals surface area (Å²) in [5.41, 5.74) is 9.39. The Hall–Kier alpha value is -5.71. The Morgan fingerprint density at radius 2 is 1.16 bits per heavy atom. The smallest absolute Gasteiger partial charge is 0.0788 e. The van der Waals surface area contributed by atoms with E-state index in [9.17, 15) is 0 Å². The minimum absolute atomic E-state index is 0.917. The number of benzene rings is 5. The van der Waals surface area contributed by atoms with E-state index >= 15 is 0 Å². The first kappa shape index (κ1) is 25.8. The summed E-state index contributed by atoms with van der Waals surface area (Å²) < 4.78 is 2.63. The molecule has 0 aliphatic carbocycles. The number of thiophene rings is 1. The number of hydrogen-bond donors (Lipinski definition) is 0. The third-order valence-electron chi connectivity index (χ3n) is 8.56. The lowest BCUT2D eigenvalue weighted by Gasteiger charge is -2.12. The van der Waals surface area contributed by atoms with E-state index < -0.39 is 0 Å². The van der Waals surface area contributed by atoms with E-state index in [0.717, 1.165) is 50.4 Å². The summed E-state index contributed by atoms with van der Waals surface area (Å²) in [5.74, 6) is 0. The highest BCUT2D eigenvalue weighted by Crippen LogP contribution is 2.43. The summed E-state index contributed by atoms with van der Waals surface area (Å²) in [6.45, 7) is 0. The largest absolute Gasteiger partial charge is 0.264 e. The zero-order valence-corrected chi connectivity index (χ0v) is 25.0. The van der Waals surface area contributed by atoms with Crippen LogP contribution in [0.1, 0.15) is 0 Å². The number of fused-ring (bicyclic) bond motifs is 7. The summed E-state index contributed by atoms with van der Waals surface area (Å²) >= 11 is 1.87. The molecular weight excluding hydrogens is 567 g/mol. The zero-order valence-electron chi connectivity index (χ0n) is 24.2. The molecule has 0 radical (unpaired) electrons. The normalized spacial score (nSPS) is 11.6. The zero-order chi connectivity index (χ0) is 29.7. The SMILES string of the molecule is c1cncc(-c2cccc(-c3ccc(-c4cccc(-c5nc6ccccc6c6c5ccc5c7ccccc7sc56)c4)cc3)n2)c1. The molecule has 0 N–H and O–H groups in total. The van der Waals surface area contributed by atoms with E-state index in [-0.39, 0.29) is 0 Å². The summed E-state index contributed by atoms with van der Waals surface area (Å²) in [6.07, 6.45) is 3.63. The molecule has 210 valence electrons. The van der Waals surface area contributed by atoms with Crippen molar-refractivity contribution in [1.82, 2.24) is 15.0 Å². The molecular formula is C41H25N3S. The highest BCUT2D eigenvalue weighted by atomic mass is 32.1. The maximum atomic E-state index is 5.25. The van der Waals surface area contributed by atoms with E-state index in [1.807, 2.05) is 35.7 Å². The molecule has 45 heavy (non-hydrogen) atoms. The van der Waals surface area contributed by atoms with Crippen LogP contribution in [0, 0.1) is 0 Å². The van der Waals surface area contributed by atoms with Crippen molar-refractivity contribution in [2.45, 2.75) is 0 Å². The van der Waals surface area contributed by atoms with Crippen LogP contribution < -0.4 is 0 Å². The fourth-order valence-electron chi connectivity index (χ4n) is 6.39. The number of pyridine rings is 3. The summed E-state index contributed by atoms with van der Waals surface area (Å²) in [6, 6.07) is 49.3. The average molecular weight is 592 g/mol. The van der Waals surface area contributed by atoms with Gasteiger partial charge in [0.1, 0.15) is 0 Å². The van der Waals surface area contributed by atoms with Gasteiger partial charge in [0.05, 0.1) is 22.6 Å². The van der Waals surface area contributed by atoms with Crippen molar-refractivity contribution in [1.29, 1.82) is 0 Å². The molecule has 0 atom stereocenters. The van der Waals surface area contributed by atoms with Crippen LogP contribution in [-0.4, -0.2) is 15.0 Å². The van der Waals surface area contributed by atoms with Crippen LogP contribution in [0.25, 0.3) is 86.7 Å². The van der Waals surface area contributed by atoms with E-state index in [4.69, 9.17) is 9.97 Å². The lowest BCUT2D eigenvalue weighted by Crippen LogP contribution is -1.91. The number of para-hydroxylation sites is 1. The quantitative estimate of drug-likeness (QED) is 0.191. The first-order valence-corrected chi connectivity index (χ1v) is 15.8. The van der Waals surface area contributed by atoms with Gasteiger partial charge in [0.25, 0.3) is 0 Å². The molecule has 0 saturated carbocycles. The maximum Gasteiger partial charge on any atom is 0.0788 e. The van der Waals surface area contributed by atoms with Crippen molar-refractivity contribution >= 4 is 53.2 Å². The van der Waals surface area contributed by atoms with Crippen molar-refractivity contribution in [2.24, 2.45) is 0 Å². The van der Waals surface area contributed by atoms with Crippen LogP contribution >= 0.6 is 11.3 Å². The second-order valence-corrected chi connectivity index (χ2v) is 12.3. The minimum Gasteiger partial charge on any atom is -0.264 e. The molecule has 5 aromatic carbocycles. The van der Waals surface area contributed by atoms with Crippen molar-refractivity contribution in [2.75, 3.05) is 0 Å². The highest BCUT2D eigenvalue weighted by Gasteiger charge is 2.16. The molecule has 4 aromatic heterocycles. The van der Waals surface area contributed by atoms with Crippen LogP contribution in [0.15, 0.2) is 152 Å². The van der Waals surface area contributed by atoms with E-state index in [1.54, 1.807) is 6.20 Å². The minimum atomic E-state index is 0.917. The first-order valence-electron chi connectivity index (χ1n) is 15.0. The Balaban J connectivity index is 1.15. The van der Waals surface area contributed by atoms with Gasteiger partial charge in [-0.05, 0) is 53.6 Å². The molecule has 9 aromatic rings. The Morgan fingerprint density at radius 3 is 2.02 bits per heavy atom. The van der Waals surface area contributed by atoms with Gasteiger partial charge in [-0.3, -0.25) is 4.98 Å². The van der Waals surface area contributed by atoms with Crippen molar-refractivity contribution in [3.8, 4) is 44.9 Å². The standard InChI is InChI=1S/C41H25N3S/c1-3-13-37-33(12-1)39-34(22-21-32-31-11-2-4-16-38(31)45-41(32)39)40(44-37)29-9-5-8-28(24-29)26-17-19-27(20-18-26)35-14-6-15-36(43-35)30-10-7-23-42-25-30/h1-25H. The molecule has 0 amide bonds. The van der Waals surface area contributed by atoms with Crippen molar-refractivity contribution in [3.05, 3.63) is 152 Å². The van der Waals surface area contributed by atoms with E-state index in [2.05, 4.69) is 126 Å². The van der Waals surface area contributed by atoms with Crippen molar-refractivity contribution in [3.63, 3.8) is 0 Å². The third kappa shape index (κ3) is 4.38. The lowest BCUT2D eigenvalue weighted by molar-refractivity contribution is 1.28. The molecule has 0 spiro atoms. The number of nitrogens with zero attached hydrogens (tertiary/aromatic N) is 3. The monoisotopic (exact) mass is 591 g/mol. The number of rotatable bonds is 4. The van der Waals surface area contributed by atoms with Crippen LogP contribution in [0.2, 0.25) is 0 Å². The Bertz CT molecular complexity index is 2530. The molecule has 4 heteroatoms. The Kier molecular flexibility index (Phi) is 6.00. The summed E-state index contributed by atoms with van der Waals surface area (Å²) in [7, 11) is 0. The van der Waals surface area contributed by atoms with Gasteiger partial charge >= 0.3 is 0 Å². The maximum absolute atomic E-state index is 5.25. The summed E-state index contributed by atoms with van der Waals surface area (Å²) in [5, 5.41) is 6.28. The second-order valence-electron chi connectivity index (χ2n) is 11.2. The second kappa shape index (κ2) is 10.5. The van der Waals surface area contributed by atoms with Gasteiger partial charge in [-0.2, -0.15) is 0 Å². The van der Waals surface area contributed by atoms with Crippen LogP contribution in [-0.2, 0) is 0 Å². The van der Waals surface area contributed by atoms with Crippen LogP contribution in [0.4, 0.5) is 0 Å². The van der Waals surface area contributed by atoms with Gasteiger partial charge in [0, 0.05) is 65.4 Å². The Morgan fingerprint density at radius 1 is 0.444 bits per heavy atom. The molecule has 0 fully saturated rings. The fourth-order valence-corrected chi connectivity index (χ4v) is 7.65. The molecule has 0 unspecified atom stereocenters. The topological polar surface area (TPSA) is 38.7 Å². The van der Waals surface area contributed by atoms with E-state index in [0.29, 0.717) is 0 Å². The van der Waals surface area contributed by atoms with Crippen LogP contribution in [0.3, 0.4) is 0 Å². The third-order valence-corrected chi connectivity index (χ3v) is 9.77. The molecule has 0 saturated heterocycles. The van der Waals surface area contributed by atoms with Gasteiger partial charge in [-0.1, -0.05) is 97.1 Å². The van der Waals surface area contributed by atoms with Gasteiger partial charge in [-0.25, -0.2) is 9.97 Å². The molecule has 0 aliphatic heterocycles. The molecule has 9 rings (SSSR count). The molecule has 0 bridgehead atoms. The first-order chi connectivity index (χ1) is 22.3. The predicted octanol–water partition coefficient (Wildman–Crippen LogP) is 11.2. The molecule has 4 heterocycles. The highest BCUT2D eigenvalue weighted by molar-refractivity contribution is 7.26. The predicted molar refractivity (Wildman–Crippen MR) is 189 cm³/mol. The lowest BCUT2D eigenvalue weighted by atomic mass is 9.95. The fraction of sp³-hybridized carbons (Fsp3) is 0.